The van der Waals surface area contributed by atoms with E-state index in [1.54, 1.807) is 14.1 Å². The zero-order valence-electron chi connectivity index (χ0n) is 19.1. The fraction of sp³-hybridized carbons (Fsp3) is 0.250. The predicted octanol–water partition coefficient (Wildman–Crippen LogP) is 5.44. The highest BCUT2D eigenvalue weighted by Gasteiger charge is 2.29. The molecular formula is C24H24BrN7OS. The molecule has 4 aromatic rings. The van der Waals surface area contributed by atoms with Crippen LogP contribution in [0.15, 0.2) is 47.1 Å². The Morgan fingerprint density at radius 1 is 1.18 bits per heavy atom. The molecule has 0 fully saturated rings. The van der Waals surface area contributed by atoms with Crippen LogP contribution < -0.4 is 10.6 Å². The molecule has 5 rings (SSSR count). The van der Waals surface area contributed by atoms with Crippen molar-refractivity contribution in [2.45, 2.75) is 19.3 Å². The van der Waals surface area contributed by atoms with Gasteiger partial charge in [-0.1, -0.05) is 23.5 Å². The molecule has 0 radical (unpaired) electrons. The third-order valence-electron chi connectivity index (χ3n) is 5.73. The number of urea groups is 1. The van der Waals surface area contributed by atoms with Crippen LogP contribution in [0, 0.1) is 0 Å². The van der Waals surface area contributed by atoms with Gasteiger partial charge in [0.05, 0.1) is 27.6 Å². The Hall–Kier alpha value is -3.24. The highest BCUT2D eigenvalue weighted by Crippen LogP contribution is 2.44. The van der Waals surface area contributed by atoms with Crippen LogP contribution in [0.4, 0.5) is 15.7 Å². The maximum absolute atomic E-state index is 12.3. The molecule has 0 atom stereocenters. The number of aryl methyl sites for hydroxylation is 1. The Bertz CT molecular complexity index is 1360. The van der Waals surface area contributed by atoms with E-state index < -0.39 is 0 Å². The average Bonchev–Trinajstić information content (AvgIpc) is 3.35. The number of nitrogens with one attached hydrogen (secondary N) is 2. The van der Waals surface area contributed by atoms with E-state index in [0.29, 0.717) is 5.13 Å². The van der Waals surface area contributed by atoms with Crippen LogP contribution in [0.3, 0.4) is 0 Å². The SMILES string of the molecule is CNc1ccc(-c2nn(-c3ccccc3Br)c3c2CCCc2nc(NC(=O)N(C)C)sc2-3)cn1. The summed E-state index contributed by atoms with van der Waals surface area (Å²) < 4.78 is 2.95. The zero-order chi connectivity index (χ0) is 23.8. The molecule has 0 unspecified atom stereocenters. The van der Waals surface area contributed by atoms with Crippen LogP contribution in [0.25, 0.3) is 27.5 Å². The number of carbonyl (C=O) groups excluding carboxylic acids is 1. The minimum absolute atomic E-state index is 0.195. The lowest BCUT2D eigenvalue weighted by molar-refractivity contribution is 0.230. The molecule has 0 saturated heterocycles. The largest absolute Gasteiger partial charge is 0.373 e. The summed E-state index contributed by atoms with van der Waals surface area (Å²) in [6.45, 7) is 0. The van der Waals surface area contributed by atoms with Crippen molar-refractivity contribution < 1.29 is 4.79 Å². The summed E-state index contributed by atoms with van der Waals surface area (Å²) in [4.78, 5) is 24.1. The first-order chi connectivity index (χ1) is 16.5. The second-order valence-corrected chi connectivity index (χ2v) is 10.0. The van der Waals surface area contributed by atoms with E-state index in [-0.39, 0.29) is 6.03 Å². The van der Waals surface area contributed by atoms with Crippen molar-refractivity contribution >= 4 is 44.2 Å². The van der Waals surface area contributed by atoms with Gasteiger partial charge in [0.1, 0.15) is 5.82 Å². The topological polar surface area (TPSA) is 88.0 Å². The number of hydrogen-bond donors (Lipinski definition) is 2. The standard InChI is InChI=1S/C24H24BrN7OS/c1-26-19-12-11-14(13-27-19)20-15-7-6-9-17-22(34-23(28-17)29-24(33)31(2)3)21(15)32(30-20)18-10-5-4-8-16(18)25/h4-5,8,10-13H,6-7,9H2,1-3H3,(H,26,27)(H,28,29,33). The van der Waals surface area contributed by atoms with Gasteiger partial charge < -0.3 is 10.2 Å². The maximum atomic E-state index is 12.3. The van der Waals surface area contributed by atoms with E-state index in [0.717, 1.165) is 62.8 Å². The van der Waals surface area contributed by atoms with E-state index in [9.17, 15) is 4.79 Å². The summed E-state index contributed by atoms with van der Waals surface area (Å²) >= 11 is 5.20. The van der Waals surface area contributed by atoms with Gasteiger partial charge in [-0.15, -0.1) is 0 Å². The molecule has 0 bridgehead atoms. The molecule has 2 N–H and O–H groups in total. The zero-order valence-corrected chi connectivity index (χ0v) is 21.5. The first kappa shape index (κ1) is 22.5. The molecule has 34 heavy (non-hydrogen) atoms. The lowest BCUT2D eigenvalue weighted by Crippen LogP contribution is -2.27. The van der Waals surface area contributed by atoms with Gasteiger partial charge in [-0.2, -0.15) is 5.10 Å². The van der Waals surface area contributed by atoms with Gasteiger partial charge >= 0.3 is 6.03 Å². The van der Waals surface area contributed by atoms with E-state index in [4.69, 9.17) is 10.1 Å². The van der Waals surface area contributed by atoms with Crippen molar-refractivity contribution in [3.8, 4) is 27.5 Å². The number of hydrogen-bond acceptors (Lipinski definition) is 6. The Morgan fingerprint density at radius 3 is 2.71 bits per heavy atom. The molecular weight excluding hydrogens is 514 g/mol. The van der Waals surface area contributed by atoms with Crippen molar-refractivity contribution in [1.29, 1.82) is 0 Å². The number of amides is 2. The molecule has 3 aromatic heterocycles. The van der Waals surface area contributed by atoms with Gasteiger partial charge in [-0.3, -0.25) is 5.32 Å². The molecule has 1 aromatic carbocycles. The van der Waals surface area contributed by atoms with Crippen LogP contribution in [0.5, 0.6) is 0 Å². The van der Waals surface area contributed by atoms with Crippen LogP contribution in [0.2, 0.25) is 0 Å². The maximum Gasteiger partial charge on any atom is 0.323 e. The van der Waals surface area contributed by atoms with Crippen molar-refractivity contribution in [3.05, 3.63) is 58.3 Å². The lowest BCUT2D eigenvalue weighted by atomic mass is 10.0. The number of nitrogens with zero attached hydrogens (tertiary/aromatic N) is 5. The third-order valence-corrected chi connectivity index (χ3v) is 7.42. The number of anilines is 2. The summed E-state index contributed by atoms with van der Waals surface area (Å²) in [5.41, 5.74) is 6.01. The second-order valence-electron chi connectivity index (χ2n) is 8.19. The first-order valence-electron chi connectivity index (χ1n) is 11.0. The van der Waals surface area contributed by atoms with E-state index >= 15 is 0 Å². The quantitative estimate of drug-likeness (QED) is 0.361. The summed E-state index contributed by atoms with van der Waals surface area (Å²) in [7, 11) is 5.29. The van der Waals surface area contributed by atoms with E-state index in [1.807, 2.05) is 54.3 Å². The fourth-order valence-electron chi connectivity index (χ4n) is 4.03. The van der Waals surface area contributed by atoms with Crippen molar-refractivity contribution in [3.63, 3.8) is 0 Å². The minimum Gasteiger partial charge on any atom is -0.373 e. The van der Waals surface area contributed by atoms with Gasteiger partial charge in [0.25, 0.3) is 0 Å². The molecule has 174 valence electrons. The Labute approximate surface area is 210 Å². The Kier molecular flexibility index (Phi) is 6.09. The smallest absolute Gasteiger partial charge is 0.323 e. The van der Waals surface area contributed by atoms with Gasteiger partial charge in [0.15, 0.2) is 5.13 Å². The Balaban J connectivity index is 1.71. The third kappa shape index (κ3) is 4.07. The number of aromatic nitrogens is 4. The molecule has 10 heteroatoms. The predicted molar refractivity (Wildman–Crippen MR) is 140 cm³/mol. The van der Waals surface area contributed by atoms with Gasteiger partial charge in [0, 0.05) is 42.9 Å². The molecule has 8 nitrogen and oxygen atoms in total. The molecule has 1 aliphatic carbocycles. The minimum atomic E-state index is -0.195. The van der Waals surface area contributed by atoms with Crippen LogP contribution in [0.1, 0.15) is 17.7 Å². The number of fused-ring (bicyclic) bond motifs is 3. The monoisotopic (exact) mass is 537 g/mol. The number of carbonyl (C=O) groups is 1. The Morgan fingerprint density at radius 2 is 2.00 bits per heavy atom. The number of halogens is 1. The molecule has 1 aliphatic rings. The normalized spacial score (nSPS) is 12.5. The molecule has 3 heterocycles. The summed E-state index contributed by atoms with van der Waals surface area (Å²) in [6, 6.07) is 11.9. The number of benzene rings is 1. The van der Waals surface area contributed by atoms with Crippen molar-refractivity contribution in [2.24, 2.45) is 0 Å². The van der Waals surface area contributed by atoms with E-state index in [2.05, 4.69) is 31.5 Å². The summed E-state index contributed by atoms with van der Waals surface area (Å²) in [5.74, 6) is 0.811. The number of pyridine rings is 1. The average molecular weight is 538 g/mol. The van der Waals surface area contributed by atoms with Crippen LogP contribution in [-0.2, 0) is 12.8 Å². The number of para-hydroxylation sites is 1. The molecule has 0 spiro atoms. The summed E-state index contributed by atoms with van der Waals surface area (Å²) in [6.07, 6.45) is 4.53. The van der Waals surface area contributed by atoms with E-state index in [1.165, 1.54) is 21.8 Å². The molecule has 0 saturated carbocycles. The van der Waals surface area contributed by atoms with Crippen LogP contribution in [-0.4, -0.2) is 51.8 Å². The number of rotatable bonds is 4. The lowest BCUT2D eigenvalue weighted by Gasteiger charge is -2.10. The van der Waals surface area contributed by atoms with Crippen molar-refractivity contribution in [2.75, 3.05) is 31.8 Å². The second kappa shape index (κ2) is 9.19. The van der Waals surface area contributed by atoms with Gasteiger partial charge in [0.2, 0.25) is 0 Å². The van der Waals surface area contributed by atoms with Crippen molar-refractivity contribution in [1.82, 2.24) is 24.6 Å². The highest BCUT2D eigenvalue weighted by molar-refractivity contribution is 9.10. The first-order valence-corrected chi connectivity index (χ1v) is 12.6. The number of thiazole rings is 1. The molecule has 0 aliphatic heterocycles. The highest BCUT2D eigenvalue weighted by atomic mass is 79.9. The van der Waals surface area contributed by atoms with Gasteiger partial charge in [-0.25, -0.2) is 19.4 Å². The summed E-state index contributed by atoms with van der Waals surface area (Å²) in [5, 5.41) is 11.7. The van der Waals surface area contributed by atoms with Crippen LogP contribution >= 0.6 is 27.3 Å². The van der Waals surface area contributed by atoms with Gasteiger partial charge in [-0.05, 0) is 59.5 Å². The molecule has 2 amide bonds. The fourth-order valence-corrected chi connectivity index (χ4v) is 5.54.